The molecular weight excluding hydrogens is 376 g/mol. The van der Waals surface area contributed by atoms with Crippen LogP contribution in [0.4, 0.5) is 5.69 Å². The molecule has 8 heteroatoms. The lowest BCUT2D eigenvalue weighted by molar-refractivity contribution is -0.113. The van der Waals surface area contributed by atoms with Crippen molar-refractivity contribution in [1.82, 2.24) is 14.8 Å². The van der Waals surface area contributed by atoms with E-state index in [1.165, 1.54) is 11.8 Å². The van der Waals surface area contributed by atoms with Crippen LogP contribution in [-0.2, 0) is 4.79 Å². The fourth-order valence-corrected chi connectivity index (χ4v) is 3.68. The van der Waals surface area contributed by atoms with Crippen LogP contribution < -0.4 is 14.8 Å². The smallest absolute Gasteiger partial charge is 0.234 e. The van der Waals surface area contributed by atoms with Crippen molar-refractivity contribution in [2.24, 2.45) is 0 Å². The number of hydrogen-bond acceptors (Lipinski definition) is 6. The van der Waals surface area contributed by atoms with Gasteiger partial charge in [0, 0.05) is 23.9 Å². The number of para-hydroxylation sites is 1. The van der Waals surface area contributed by atoms with Crippen molar-refractivity contribution in [3.05, 3.63) is 54.4 Å². The summed E-state index contributed by atoms with van der Waals surface area (Å²) in [6, 6.07) is 15.3. The van der Waals surface area contributed by atoms with Crippen LogP contribution in [0, 0.1) is 6.92 Å². The lowest BCUT2D eigenvalue weighted by Gasteiger charge is -2.11. The van der Waals surface area contributed by atoms with Gasteiger partial charge in [-0.3, -0.25) is 9.36 Å². The molecule has 1 aliphatic rings. The number of nitrogens with one attached hydrogen (secondary N) is 1. The SMILES string of the molecule is Cc1nnc(SCC(=O)Nc2ccc3c(c2)OCCCO3)n1-c1ccccc1. The quantitative estimate of drug-likeness (QED) is 0.666. The monoisotopic (exact) mass is 396 g/mol. The number of carbonyl (C=O) groups excluding carboxylic acids is 1. The minimum Gasteiger partial charge on any atom is -0.490 e. The van der Waals surface area contributed by atoms with E-state index in [-0.39, 0.29) is 11.7 Å². The first kappa shape index (κ1) is 18.4. The van der Waals surface area contributed by atoms with Crippen molar-refractivity contribution in [2.75, 3.05) is 24.3 Å². The van der Waals surface area contributed by atoms with Crippen LogP contribution >= 0.6 is 11.8 Å². The zero-order valence-corrected chi connectivity index (χ0v) is 16.2. The third-order valence-corrected chi connectivity index (χ3v) is 5.10. The van der Waals surface area contributed by atoms with E-state index in [1.807, 2.05) is 54.0 Å². The Balaban J connectivity index is 1.41. The molecule has 1 aromatic heterocycles. The number of aryl methyl sites for hydroxylation is 1. The van der Waals surface area contributed by atoms with E-state index in [0.29, 0.717) is 35.6 Å². The Bertz CT molecular complexity index is 975. The van der Waals surface area contributed by atoms with Crippen LogP contribution in [-0.4, -0.2) is 39.6 Å². The maximum atomic E-state index is 12.4. The van der Waals surface area contributed by atoms with Gasteiger partial charge in [-0.05, 0) is 31.2 Å². The average molecular weight is 396 g/mol. The highest BCUT2D eigenvalue weighted by Crippen LogP contribution is 2.32. The Kier molecular flexibility index (Phi) is 5.48. The van der Waals surface area contributed by atoms with E-state index < -0.39 is 0 Å². The fraction of sp³-hybridized carbons (Fsp3) is 0.250. The predicted molar refractivity (Wildman–Crippen MR) is 107 cm³/mol. The summed E-state index contributed by atoms with van der Waals surface area (Å²) < 4.78 is 13.2. The number of aromatic nitrogens is 3. The van der Waals surface area contributed by atoms with Gasteiger partial charge in [0.25, 0.3) is 0 Å². The van der Waals surface area contributed by atoms with E-state index in [4.69, 9.17) is 9.47 Å². The number of rotatable bonds is 5. The van der Waals surface area contributed by atoms with Gasteiger partial charge in [-0.15, -0.1) is 10.2 Å². The average Bonchev–Trinajstić information content (AvgIpc) is 2.92. The van der Waals surface area contributed by atoms with E-state index in [2.05, 4.69) is 15.5 Å². The first-order chi connectivity index (χ1) is 13.7. The van der Waals surface area contributed by atoms with Gasteiger partial charge in [-0.25, -0.2) is 0 Å². The normalized spacial score (nSPS) is 13.0. The second-order valence-electron chi connectivity index (χ2n) is 6.25. The molecule has 0 saturated heterocycles. The first-order valence-corrected chi connectivity index (χ1v) is 9.99. The van der Waals surface area contributed by atoms with Gasteiger partial charge >= 0.3 is 0 Å². The third-order valence-electron chi connectivity index (χ3n) is 4.17. The predicted octanol–water partition coefficient (Wildman–Crippen LogP) is 3.47. The van der Waals surface area contributed by atoms with Crippen molar-refractivity contribution < 1.29 is 14.3 Å². The molecule has 144 valence electrons. The summed E-state index contributed by atoms with van der Waals surface area (Å²) in [7, 11) is 0. The molecule has 2 aromatic carbocycles. The summed E-state index contributed by atoms with van der Waals surface area (Å²) in [5.41, 5.74) is 1.64. The summed E-state index contributed by atoms with van der Waals surface area (Å²) in [6.07, 6.45) is 0.842. The minimum atomic E-state index is -0.125. The van der Waals surface area contributed by atoms with Crippen molar-refractivity contribution in [3.8, 4) is 17.2 Å². The Morgan fingerprint density at radius 1 is 1.11 bits per heavy atom. The van der Waals surface area contributed by atoms with Gasteiger partial charge in [0.05, 0.1) is 19.0 Å². The zero-order valence-electron chi connectivity index (χ0n) is 15.4. The second-order valence-corrected chi connectivity index (χ2v) is 7.19. The van der Waals surface area contributed by atoms with Crippen molar-refractivity contribution in [1.29, 1.82) is 0 Å². The van der Waals surface area contributed by atoms with Crippen LogP contribution in [0.2, 0.25) is 0 Å². The number of benzene rings is 2. The number of anilines is 1. The molecule has 0 unspecified atom stereocenters. The molecule has 1 amide bonds. The zero-order chi connectivity index (χ0) is 19.3. The number of thioether (sulfide) groups is 1. The third kappa shape index (κ3) is 4.12. The van der Waals surface area contributed by atoms with Crippen LogP contribution in [0.1, 0.15) is 12.2 Å². The number of hydrogen-bond donors (Lipinski definition) is 1. The minimum absolute atomic E-state index is 0.125. The second kappa shape index (κ2) is 8.35. The molecular formula is C20H20N4O3S. The van der Waals surface area contributed by atoms with Crippen molar-refractivity contribution in [2.45, 2.75) is 18.5 Å². The first-order valence-electron chi connectivity index (χ1n) is 9.00. The molecule has 0 spiro atoms. The van der Waals surface area contributed by atoms with Crippen molar-refractivity contribution in [3.63, 3.8) is 0 Å². The molecule has 4 rings (SSSR count). The molecule has 1 aliphatic heterocycles. The summed E-state index contributed by atoms with van der Waals surface area (Å²) in [4.78, 5) is 12.4. The van der Waals surface area contributed by atoms with Gasteiger partial charge in [0.2, 0.25) is 5.91 Å². The van der Waals surface area contributed by atoms with Gasteiger partial charge in [-0.1, -0.05) is 30.0 Å². The fourth-order valence-electron chi connectivity index (χ4n) is 2.88. The van der Waals surface area contributed by atoms with E-state index in [9.17, 15) is 4.79 Å². The number of amides is 1. The summed E-state index contributed by atoms with van der Waals surface area (Å²) in [5, 5.41) is 11.9. The number of fused-ring (bicyclic) bond motifs is 1. The Labute approximate surface area is 167 Å². The van der Waals surface area contributed by atoms with Gasteiger partial charge in [0.15, 0.2) is 16.7 Å². The summed E-state index contributed by atoms with van der Waals surface area (Å²) >= 11 is 1.34. The molecule has 2 heterocycles. The van der Waals surface area contributed by atoms with Crippen LogP contribution in [0.25, 0.3) is 5.69 Å². The standard InChI is InChI=1S/C20H20N4O3S/c1-14-22-23-20(24(14)16-6-3-2-4-7-16)28-13-19(25)21-15-8-9-17-18(12-15)27-11-5-10-26-17/h2-4,6-9,12H,5,10-11,13H2,1H3,(H,21,25). The Morgan fingerprint density at radius 3 is 2.71 bits per heavy atom. The van der Waals surface area contributed by atoms with Gasteiger partial charge < -0.3 is 14.8 Å². The number of carbonyl (C=O) groups is 1. The maximum Gasteiger partial charge on any atom is 0.234 e. The highest BCUT2D eigenvalue weighted by molar-refractivity contribution is 7.99. The van der Waals surface area contributed by atoms with E-state index >= 15 is 0 Å². The summed E-state index contributed by atoms with van der Waals surface area (Å²) in [6.45, 7) is 3.13. The lowest BCUT2D eigenvalue weighted by atomic mass is 10.2. The molecule has 0 bridgehead atoms. The highest BCUT2D eigenvalue weighted by Gasteiger charge is 2.15. The number of nitrogens with zero attached hydrogens (tertiary/aromatic N) is 3. The molecule has 0 radical (unpaired) electrons. The molecule has 0 atom stereocenters. The van der Waals surface area contributed by atoms with Crippen LogP contribution in [0.3, 0.4) is 0 Å². The molecule has 0 aliphatic carbocycles. The lowest BCUT2D eigenvalue weighted by Crippen LogP contribution is -2.14. The molecule has 0 saturated carbocycles. The molecule has 28 heavy (non-hydrogen) atoms. The largest absolute Gasteiger partial charge is 0.490 e. The van der Waals surface area contributed by atoms with Crippen LogP contribution in [0.15, 0.2) is 53.7 Å². The highest BCUT2D eigenvalue weighted by atomic mass is 32.2. The van der Waals surface area contributed by atoms with Crippen LogP contribution in [0.5, 0.6) is 11.5 Å². The van der Waals surface area contributed by atoms with Gasteiger partial charge in [-0.2, -0.15) is 0 Å². The van der Waals surface area contributed by atoms with E-state index in [1.54, 1.807) is 6.07 Å². The summed E-state index contributed by atoms with van der Waals surface area (Å²) in [5.74, 6) is 2.23. The Hall–Kier alpha value is -3.00. The van der Waals surface area contributed by atoms with Crippen molar-refractivity contribution >= 4 is 23.4 Å². The molecule has 3 aromatic rings. The molecule has 7 nitrogen and oxygen atoms in total. The molecule has 1 N–H and O–H groups in total. The van der Waals surface area contributed by atoms with Gasteiger partial charge in [0.1, 0.15) is 5.82 Å². The maximum absolute atomic E-state index is 12.4. The molecule has 0 fully saturated rings. The topological polar surface area (TPSA) is 78.3 Å². The number of ether oxygens (including phenoxy) is 2. The van der Waals surface area contributed by atoms with E-state index in [0.717, 1.165) is 17.9 Å². The Morgan fingerprint density at radius 2 is 1.89 bits per heavy atom.